The van der Waals surface area contributed by atoms with Gasteiger partial charge in [0.1, 0.15) is 17.0 Å². The molecular formula is C7H6BrF2NO. The van der Waals surface area contributed by atoms with Crippen LogP contribution in [0.5, 0.6) is 5.75 Å². The zero-order valence-electron chi connectivity index (χ0n) is 6.01. The Hall–Kier alpha value is -0.710. The first kappa shape index (κ1) is 9.38. The minimum atomic E-state index is -2.45. The minimum absolute atomic E-state index is 0.386. The molecule has 0 amide bonds. The third kappa shape index (κ3) is 3.13. The molecule has 0 radical (unpaired) electrons. The Morgan fingerprint density at radius 1 is 1.58 bits per heavy atom. The van der Waals surface area contributed by atoms with E-state index in [1.54, 1.807) is 0 Å². The van der Waals surface area contributed by atoms with E-state index < -0.39 is 13.0 Å². The van der Waals surface area contributed by atoms with Gasteiger partial charge in [0.15, 0.2) is 0 Å². The summed E-state index contributed by atoms with van der Waals surface area (Å²) in [5, 5.41) is 0. The first-order chi connectivity index (χ1) is 5.68. The molecule has 1 rings (SSSR count). The standard InChI is InChI=1S/C7H6BrF2NO/c8-6-3-5(1-2-11-6)12-4-7(9)10/h1-3,7H,4H2. The van der Waals surface area contributed by atoms with Crippen LogP contribution < -0.4 is 4.74 Å². The van der Waals surface area contributed by atoms with E-state index in [0.29, 0.717) is 10.4 Å². The molecule has 2 nitrogen and oxygen atoms in total. The van der Waals surface area contributed by atoms with E-state index in [9.17, 15) is 8.78 Å². The fraction of sp³-hybridized carbons (Fsp3) is 0.286. The van der Waals surface area contributed by atoms with Crippen molar-refractivity contribution < 1.29 is 13.5 Å². The summed E-state index contributed by atoms with van der Waals surface area (Å²) in [5.74, 6) is 0.386. The molecule has 0 N–H and O–H groups in total. The van der Waals surface area contributed by atoms with Crippen molar-refractivity contribution in [1.82, 2.24) is 4.98 Å². The van der Waals surface area contributed by atoms with Crippen molar-refractivity contribution in [2.45, 2.75) is 6.43 Å². The molecule has 0 saturated carbocycles. The third-order valence-electron chi connectivity index (χ3n) is 1.07. The highest BCUT2D eigenvalue weighted by atomic mass is 79.9. The first-order valence-electron chi connectivity index (χ1n) is 3.21. The van der Waals surface area contributed by atoms with Crippen molar-refractivity contribution in [3.8, 4) is 5.75 Å². The average Bonchev–Trinajstić information content (AvgIpc) is 2.01. The van der Waals surface area contributed by atoms with Crippen LogP contribution >= 0.6 is 15.9 Å². The molecule has 0 saturated heterocycles. The monoisotopic (exact) mass is 237 g/mol. The topological polar surface area (TPSA) is 22.1 Å². The van der Waals surface area contributed by atoms with Gasteiger partial charge in [-0.2, -0.15) is 0 Å². The second-order valence-electron chi connectivity index (χ2n) is 2.02. The SMILES string of the molecule is FC(F)COc1ccnc(Br)c1. The smallest absolute Gasteiger partial charge is 0.272 e. The van der Waals surface area contributed by atoms with Crippen LogP contribution in [0.25, 0.3) is 0 Å². The van der Waals surface area contributed by atoms with Crippen molar-refractivity contribution in [1.29, 1.82) is 0 Å². The van der Waals surface area contributed by atoms with Crippen LogP contribution in [0, 0.1) is 0 Å². The van der Waals surface area contributed by atoms with Gasteiger partial charge in [-0.15, -0.1) is 0 Å². The van der Waals surface area contributed by atoms with Gasteiger partial charge in [0.2, 0.25) is 0 Å². The molecule has 0 unspecified atom stereocenters. The van der Waals surface area contributed by atoms with Crippen molar-refractivity contribution in [3.63, 3.8) is 0 Å². The molecule has 1 aromatic rings. The van der Waals surface area contributed by atoms with Crippen LogP contribution in [0.1, 0.15) is 0 Å². The van der Waals surface area contributed by atoms with Gasteiger partial charge in [0, 0.05) is 12.3 Å². The molecule has 0 spiro atoms. The highest BCUT2D eigenvalue weighted by molar-refractivity contribution is 9.10. The molecule has 12 heavy (non-hydrogen) atoms. The van der Waals surface area contributed by atoms with Gasteiger partial charge in [-0.25, -0.2) is 13.8 Å². The van der Waals surface area contributed by atoms with Crippen LogP contribution in [0.15, 0.2) is 22.9 Å². The zero-order valence-corrected chi connectivity index (χ0v) is 7.59. The number of rotatable bonds is 3. The molecule has 66 valence electrons. The van der Waals surface area contributed by atoms with Crippen LogP contribution in [0.4, 0.5) is 8.78 Å². The maximum Gasteiger partial charge on any atom is 0.272 e. The summed E-state index contributed by atoms with van der Waals surface area (Å²) >= 11 is 3.09. The summed E-state index contributed by atoms with van der Waals surface area (Å²) in [5.41, 5.74) is 0. The van der Waals surface area contributed by atoms with Gasteiger partial charge in [-0.1, -0.05) is 0 Å². The number of halogens is 3. The fourth-order valence-electron chi connectivity index (χ4n) is 0.634. The van der Waals surface area contributed by atoms with Gasteiger partial charge >= 0.3 is 0 Å². The van der Waals surface area contributed by atoms with Crippen LogP contribution in [0.3, 0.4) is 0 Å². The Labute approximate surface area is 76.7 Å². The van der Waals surface area contributed by atoms with Gasteiger partial charge in [-0.3, -0.25) is 0 Å². The Kier molecular flexibility index (Phi) is 3.40. The molecular weight excluding hydrogens is 232 g/mol. The number of hydrogen-bond donors (Lipinski definition) is 0. The Balaban J connectivity index is 2.52. The van der Waals surface area contributed by atoms with Gasteiger partial charge in [-0.05, 0) is 22.0 Å². The average molecular weight is 238 g/mol. The molecule has 0 aliphatic rings. The molecule has 0 atom stereocenters. The molecule has 0 aliphatic heterocycles. The Morgan fingerprint density at radius 2 is 2.33 bits per heavy atom. The summed E-state index contributed by atoms with van der Waals surface area (Å²) in [7, 11) is 0. The Morgan fingerprint density at radius 3 is 2.92 bits per heavy atom. The quantitative estimate of drug-likeness (QED) is 0.754. The lowest BCUT2D eigenvalue weighted by Gasteiger charge is -2.04. The number of pyridine rings is 1. The highest BCUT2D eigenvalue weighted by Gasteiger charge is 2.03. The summed E-state index contributed by atoms with van der Waals surface area (Å²) in [6.45, 7) is -0.587. The van der Waals surface area contributed by atoms with Crippen molar-refractivity contribution in [2.24, 2.45) is 0 Å². The predicted molar refractivity (Wildman–Crippen MR) is 43.4 cm³/mol. The lowest BCUT2D eigenvalue weighted by Crippen LogP contribution is -2.06. The molecule has 5 heteroatoms. The van der Waals surface area contributed by atoms with Gasteiger partial charge in [0.25, 0.3) is 6.43 Å². The van der Waals surface area contributed by atoms with Gasteiger partial charge in [0.05, 0.1) is 0 Å². The van der Waals surface area contributed by atoms with E-state index in [1.165, 1.54) is 18.3 Å². The lowest BCUT2D eigenvalue weighted by molar-refractivity contribution is 0.0818. The van der Waals surface area contributed by atoms with E-state index in [0.717, 1.165) is 0 Å². The summed E-state index contributed by atoms with van der Waals surface area (Å²) in [4.78, 5) is 3.82. The summed E-state index contributed by atoms with van der Waals surface area (Å²) in [6.07, 6.45) is -0.970. The van der Waals surface area contributed by atoms with Crippen LogP contribution in [0.2, 0.25) is 0 Å². The number of ether oxygens (including phenoxy) is 1. The molecule has 0 fully saturated rings. The summed E-state index contributed by atoms with van der Waals surface area (Å²) < 4.78 is 28.6. The van der Waals surface area contributed by atoms with Crippen LogP contribution in [-0.2, 0) is 0 Å². The van der Waals surface area contributed by atoms with E-state index in [4.69, 9.17) is 4.74 Å². The van der Waals surface area contributed by atoms with E-state index in [-0.39, 0.29) is 0 Å². The predicted octanol–water partition coefficient (Wildman–Crippen LogP) is 2.49. The highest BCUT2D eigenvalue weighted by Crippen LogP contribution is 2.15. The molecule has 1 heterocycles. The van der Waals surface area contributed by atoms with Gasteiger partial charge < -0.3 is 4.74 Å². The van der Waals surface area contributed by atoms with E-state index in [2.05, 4.69) is 20.9 Å². The Bertz CT molecular complexity index is 257. The molecule has 1 aromatic heterocycles. The lowest BCUT2D eigenvalue weighted by atomic mass is 10.4. The summed E-state index contributed by atoms with van der Waals surface area (Å²) in [6, 6.07) is 3.05. The normalized spacial score (nSPS) is 10.3. The third-order valence-corrected chi connectivity index (χ3v) is 1.51. The second kappa shape index (κ2) is 4.35. The second-order valence-corrected chi connectivity index (χ2v) is 2.83. The number of hydrogen-bond acceptors (Lipinski definition) is 2. The largest absolute Gasteiger partial charge is 0.487 e. The van der Waals surface area contributed by atoms with Crippen LogP contribution in [-0.4, -0.2) is 18.0 Å². The van der Waals surface area contributed by atoms with E-state index in [1.807, 2.05) is 0 Å². The first-order valence-corrected chi connectivity index (χ1v) is 4.00. The maximum absolute atomic E-state index is 11.7. The molecule has 0 aromatic carbocycles. The number of nitrogens with zero attached hydrogens (tertiary/aromatic N) is 1. The maximum atomic E-state index is 11.7. The van der Waals surface area contributed by atoms with Crippen molar-refractivity contribution in [3.05, 3.63) is 22.9 Å². The van der Waals surface area contributed by atoms with E-state index >= 15 is 0 Å². The number of alkyl halides is 2. The zero-order chi connectivity index (χ0) is 8.97. The molecule has 0 aliphatic carbocycles. The number of aromatic nitrogens is 1. The van der Waals surface area contributed by atoms with Crippen molar-refractivity contribution >= 4 is 15.9 Å². The fourth-order valence-corrected chi connectivity index (χ4v) is 0.978. The van der Waals surface area contributed by atoms with Crippen molar-refractivity contribution in [2.75, 3.05) is 6.61 Å². The molecule has 0 bridgehead atoms. The minimum Gasteiger partial charge on any atom is -0.487 e.